The van der Waals surface area contributed by atoms with Gasteiger partial charge in [0, 0.05) is 18.3 Å². The summed E-state index contributed by atoms with van der Waals surface area (Å²) in [6.45, 7) is 2.86. The molecule has 30 heavy (non-hydrogen) atoms. The number of amides is 2. The molecule has 6 nitrogen and oxygen atoms in total. The van der Waals surface area contributed by atoms with E-state index in [-0.39, 0.29) is 17.3 Å². The Morgan fingerprint density at radius 1 is 0.800 bits per heavy atom. The molecule has 4 N–H and O–H groups in total. The molecule has 0 heterocycles. The maximum Gasteiger partial charge on any atom is 0.339 e. The smallest absolute Gasteiger partial charge is 0.339 e. The quantitative estimate of drug-likeness (QED) is 0.211. The fourth-order valence-corrected chi connectivity index (χ4v) is 3.49. The first-order chi connectivity index (χ1) is 14.5. The topological polar surface area (TPSA) is 98.7 Å². The van der Waals surface area contributed by atoms with Gasteiger partial charge in [0.2, 0.25) is 0 Å². The number of hydrogen-bond acceptors (Lipinski definition) is 3. The van der Waals surface area contributed by atoms with Gasteiger partial charge in [-0.2, -0.15) is 0 Å². The van der Waals surface area contributed by atoms with Crippen LogP contribution in [0.2, 0.25) is 0 Å². The van der Waals surface area contributed by atoms with Crippen LogP contribution in [0.25, 0.3) is 0 Å². The molecule has 0 spiro atoms. The van der Waals surface area contributed by atoms with Crippen LogP contribution >= 0.6 is 0 Å². The van der Waals surface area contributed by atoms with Crippen molar-refractivity contribution in [1.29, 1.82) is 0 Å². The normalized spacial score (nSPS) is 10.7. The van der Waals surface area contributed by atoms with Crippen molar-refractivity contribution >= 4 is 17.7 Å². The Morgan fingerprint density at radius 2 is 1.30 bits per heavy atom. The zero-order valence-corrected chi connectivity index (χ0v) is 18.5. The van der Waals surface area contributed by atoms with Gasteiger partial charge in [-0.1, -0.05) is 90.4 Å². The molecule has 1 rings (SSSR count). The van der Waals surface area contributed by atoms with Crippen LogP contribution in [0.15, 0.2) is 18.2 Å². The molecule has 1 aromatic carbocycles. The zero-order valence-electron chi connectivity index (χ0n) is 18.5. The van der Waals surface area contributed by atoms with E-state index >= 15 is 0 Å². The lowest BCUT2D eigenvalue weighted by atomic mass is 10.0. The van der Waals surface area contributed by atoms with Gasteiger partial charge in [-0.3, -0.25) is 0 Å². The number of carboxylic acids is 1. The Morgan fingerprint density at radius 3 is 1.77 bits per heavy atom. The van der Waals surface area contributed by atoms with Crippen molar-refractivity contribution in [2.75, 3.05) is 11.9 Å². The van der Waals surface area contributed by atoms with E-state index in [0.717, 1.165) is 12.8 Å². The van der Waals surface area contributed by atoms with Crippen molar-refractivity contribution in [3.05, 3.63) is 23.8 Å². The molecule has 0 aromatic heterocycles. The lowest BCUT2D eigenvalue weighted by Crippen LogP contribution is -2.29. The largest absolute Gasteiger partial charge is 0.507 e. The monoisotopic (exact) mass is 420 g/mol. The summed E-state index contributed by atoms with van der Waals surface area (Å²) in [7, 11) is 0. The van der Waals surface area contributed by atoms with Crippen LogP contribution < -0.4 is 10.6 Å². The van der Waals surface area contributed by atoms with E-state index in [2.05, 4.69) is 17.6 Å². The lowest BCUT2D eigenvalue weighted by molar-refractivity contribution is 0.0693. The maximum absolute atomic E-state index is 11.9. The van der Waals surface area contributed by atoms with Gasteiger partial charge in [0.25, 0.3) is 0 Å². The number of phenols is 1. The van der Waals surface area contributed by atoms with Crippen molar-refractivity contribution in [1.82, 2.24) is 5.32 Å². The average Bonchev–Trinajstić information content (AvgIpc) is 2.70. The summed E-state index contributed by atoms with van der Waals surface area (Å²) in [4.78, 5) is 22.7. The van der Waals surface area contributed by atoms with Gasteiger partial charge in [0.1, 0.15) is 11.3 Å². The van der Waals surface area contributed by atoms with Gasteiger partial charge in [-0.25, -0.2) is 9.59 Å². The zero-order chi connectivity index (χ0) is 22.0. The van der Waals surface area contributed by atoms with Crippen LogP contribution in [-0.2, 0) is 0 Å². The summed E-state index contributed by atoms with van der Waals surface area (Å²) in [6, 6.07) is 3.60. The van der Waals surface area contributed by atoms with E-state index in [1.54, 1.807) is 0 Å². The summed E-state index contributed by atoms with van der Waals surface area (Å²) in [5, 5.41) is 23.9. The minimum atomic E-state index is -1.21. The number of carboxylic acid groups (broad SMARTS) is 1. The minimum absolute atomic E-state index is 0.191. The number of rotatable bonds is 17. The van der Waals surface area contributed by atoms with E-state index in [0.29, 0.717) is 12.2 Å². The molecule has 170 valence electrons. The molecule has 0 saturated carbocycles. The van der Waals surface area contributed by atoms with Crippen molar-refractivity contribution in [2.24, 2.45) is 0 Å². The molecule has 0 fully saturated rings. The Balaban J connectivity index is 1.94. The first kappa shape index (κ1) is 25.8. The number of aromatic hydroxyl groups is 1. The molecule has 0 saturated heterocycles. The predicted molar refractivity (Wildman–Crippen MR) is 122 cm³/mol. The molecule has 0 radical (unpaired) electrons. The highest BCUT2D eigenvalue weighted by molar-refractivity contribution is 5.93. The third kappa shape index (κ3) is 12.3. The van der Waals surface area contributed by atoms with Crippen LogP contribution in [0, 0.1) is 0 Å². The molecule has 1 aromatic rings. The molecule has 0 aliphatic heterocycles. The second kappa shape index (κ2) is 16.5. The highest BCUT2D eigenvalue weighted by Gasteiger charge is 2.10. The van der Waals surface area contributed by atoms with Gasteiger partial charge in [-0.15, -0.1) is 0 Å². The van der Waals surface area contributed by atoms with Gasteiger partial charge in [-0.05, 0) is 18.6 Å². The molecule has 0 atom stereocenters. The second-order valence-electron chi connectivity index (χ2n) is 8.01. The number of carbonyl (C=O) groups is 2. The number of unbranched alkanes of at least 4 members (excludes halogenated alkanes) is 13. The Kier molecular flexibility index (Phi) is 14.2. The van der Waals surface area contributed by atoms with Crippen molar-refractivity contribution < 1.29 is 19.8 Å². The molecule has 0 unspecified atom stereocenters. The summed E-state index contributed by atoms with van der Waals surface area (Å²) in [6.07, 6.45) is 18.2. The molecule has 2 amide bonds. The lowest BCUT2D eigenvalue weighted by Gasteiger charge is -2.09. The number of aromatic carboxylic acids is 1. The van der Waals surface area contributed by atoms with Crippen LogP contribution in [0.5, 0.6) is 5.75 Å². The predicted octanol–water partition coefficient (Wildman–Crippen LogP) is 6.69. The Hall–Kier alpha value is -2.24. The first-order valence-corrected chi connectivity index (χ1v) is 11.7. The van der Waals surface area contributed by atoms with E-state index < -0.39 is 5.97 Å². The number of nitrogens with one attached hydrogen (secondary N) is 2. The summed E-state index contributed by atoms with van der Waals surface area (Å²) in [5.41, 5.74) is 0.166. The molecule has 0 bridgehead atoms. The number of anilines is 1. The van der Waals surface area contributed by atoms with E-state index in [1.807, 2.05) is 0 Å². The fourth-order valence-electron chi connectivity index (χ4n) is 3.49. The van der Waals surface area contributed by atoms with Gasteiger partial charge >= 0.3 is 12.0 Å². The summed E-state index contributed by atoms with van der Waals surface area (Å²) >= 11 is 0. The Bertz CT molecular complexity index is 619. The number of benzene rings is 1. The van der Waals surface area contributed by atoms with Crippen LogP contribution in [0.4, 0.5) is 10.5 Å². The number of carbonyl (C=O) groups excluding carboxylic acids is 1. The van der Waals surface area contributed by atoms with Crippen molar-refractivity contribution in [2.45, 2.75) is 96.8 Å². The molecular weight excluding hydrogens is 380 g/mol. The summed E-state index contributed by atoms with van der Waals surface area (Å²) < 4.78 is 0. The Labute approximate surface area is 181 Å². The van der Waals surface area contributed by atoms with Crippen LogP contribution in [0.1, 0.15) is 107 Å². The van der Waals surface area contributed by atoms with E-state index in [9.17, 15) is 14.7 Å². The van der Waals surface area contributed by atoms with Crippen molar-refractivity contribution in [3.8, 4) is 5.75 Å². The number of hydrogen-bond donors (Lipinski definition) is 4. The second-order valence-corrected chi connectivity index (χ2v) is 8.01. The molecule has 0 aliphatic rings. The van der Waals surface area contributed by atoms with E-state index in [1.165, 1.54) is 95.2 Å². The third-order valence-corrected chi connectivity index (χ3v) is 5.30. The highest BCUT2D eigenvalue weighted by Crippen LogP contribution is 2.21. The SMILES string of the molecule is CCCCCCCCCCCCCCCCNC(=O)Nc1ccc(C(=O)O)c(O)c1. The van der Waals surface area contributed by atoms with Crippen molar-refractivity contribution in [3.63, 3.8) is 0 Å². The highest BCUT2D eigenvalue weighted by atomic mass is 16.4. The minimum Gasteiger partial charge on any atom is -0.507 e. The standard InChI is InChI=1S/C24H40N2O4/c1-2-3-4-5-6-7-8-9-10-11-12-13-14-15-18-25-24(30)26-20-16-17-21(23(28)29)22(27)19-20/h16-17,19,27H,2-15,18H2,1H3,(H,28,29)(H2,25,26,30). The molecular formula is C24H40N2O4. The average molecular weight is 421 g/mol. The number of urea groups is 1. The van der Waals surface area contributed by atoms with Gasteiger partial charge < -0.3 is 20.8 Å². The maximum atomic E-state index is 11.9. The molecule has 0 aliphatic carbocycles. The van der Waals surface area contributed by atoms with Crippen LogP contribution in [0.3, 0.4) is 0 Å². The van der Waals surface area contributed by atoms with E-state index in [4.69, 9.17) is 5.11 Å². The fraction of sp³-hybridized carbons (Fsp3) is 0.667. The first-order valence-electron chi connectivity index (χ1n) is 11.7. The van der Waals surface area contributed by atoms with Gasteiger partial charge in [0.05, 0.1) is 0 Å². The van der Waals surface area contributed by atoms with Gasteiger partial charge in [0.15, 0.2) is 0 Å². The summed E-state index contributed by atoms with van der Waals surface area (Å²) in [5.74, 6) is -1.58. The molecule has 6 heteroatoms. The van der Waals surface area contributed by atoms with Crippen LogP contribution in [-0.4, -0.2) is 28.8 Å². The third-order valence-electron chi connectivity index (χ3n) is 5.30.